The molecule has 0 bridgehead atoms. The second-order valence-corrected chi connectivity index (χ2v) is 8.75. The van der Waals surface area contributed by atoms with Crippen LogP contribution in [0.25, 0.3) is 0 Å². The highest BCUT2D eigenvalue weighted by molar-refractivity contribution is 9.10. The average Bonchev–Trinajstić information content (AvgIpc) is 3.13. The molecule has 0 unspecified atom stereocenters. The summed E-state index contributed by atoms with van der Waals surface area (Å²) >= 11 is 9.54. The fourth-order valence-electron chi connectivity index (χ4n) is 3.28. The normalized spacial score (nSPS) is 10.8. The number of nitrogens with one attached hydrogen (secondary N) is 1. The molecule has 0 saturated carbocycles. The Bertz CT molecular complexity index is 1290. The molecule has 8 heteroatoms. The van der Waals surface area contributed by atoms with Crippen molar-refractivity contribution in [2.45, 2.75) is 20.1 Å². The maximum atomic E-state index is 14.1. The molecule has 1 heterocycles. The van der Waals surface area contributed by atoms with E-state index in [1.165, 1.54) is 6.07 Å². The predicted molar refractivity (Wildman–Crippen MR) is 130 cm³/mol. The van der Waals surface area contributed by atoms with Gasteiger partial charge in [-0.1, -0.05) is 51.8 Å². The molecule has 4 rings (SSSR count). The van der Waals surface area contributed by atoms with Crippen molar-refractivity contribution < 1.29 is 13.9 Å². The molecule has 168 valence electrons. The predicted octanol–water partition coefficient (Wildman–Crippen LogP) is 6.63. The first-order chi connectivity index (χ1) is 15.9. The molecule has 1 aromatic heterocycles. The van der Waals surface area contributed by atoms with E-state index >= 15 is 0 Å². The largest absolute Gasteiger partial charge is 0.489 e. The molecule has 5 nitrogen and oxygen atoms in total. The van der Waals surface area contributed by atoms with Gasteiger partial charge in [0.1, 0.15) is 18.2 Å². The lowest BCUT2D eigenvalue weighted by Crippen LogP contribution is -2.13. The summed E-state index contributed by atoms with van der Waals surface area (Å²) in [6, 6.07) is 21.0. The van der Waals surface area contributed by atoms with E-state index < -0.39 is 5.82 Å². The number of anilines is 1. The first-order valence-electron chi connectivity index (χ1n) is 10.1. The van der Waals surface area contributed by atoms with E-state index in [1.807, 2.05) is 37.3 Å². The number of carbonyl (C=O) groups is 1. The monoisotopic (exact) mass is 527 g/mol. The van der Waals surface area contributed by atoms with Crippen molar-refractivity contribution >= 4 is 39.3 Å². The molecule has 0 saturated heterocycles. The van der Waals surface area contributed by atoms with Gasteiger partial charge in [0.2, 0.25) is 0 Å². The first-order valence-corrected chi connectivity index (χ1v) is 11.3. The Morgan fingerprint density at radius 3 is 2.70 bits per heavy atom. The third-order valence-electron chi connectivity index (χ3n) is 4.98. The smallest absolute Gasteiger partial charge is 0.256 e. The number of nitrogens with zero attached hydrogens (tertiary/aromatic N) is 2. The third kappa shape index (κ3) is 5.80. The number of aromatic nitrogens is 2. The lowest BCUT2D eigenvalue weighted by molar-refractivity contribution is 0.102. The Kier molecular flexibility index (Phi) is 7.11. The molecular formula is C25H20BrClFN3O2. The maximum Gasteiger partial charge on any atom is 0.256 e. The molecule has 1 amide bonds. The zero-order valence-corrected chi connectivity index (χ0v) is 20.0. The average molecular weight is 529 g/mol. The van der Waals surface area contributed by atoms with E-state index in [1.54, 1.807) is 41.1 Å². The highest BCUT2D eigenvalue weighted by atomic mass is 79.9. The number of hydrogen-bond donors (Lipinski definition) is 1. The van der Waals surface area contributed by atoms with Gasteiger partial charge >= 0.3 is 0 Å². The van der Waals surface area contributed by atoms with Gasteiger partial charge in [0.15, 0.2) is 5.82 Å². The second kappa shape index (κ2) is 10.2. The number of halogens is 3. The number of hydrogen-bond acceptors (Lipinski definition) is 3. The van der Waals surface area contributed by atoms with Crippen LogP contribution in [-0.2, 0) is 13.2 Å². The highest BCUT2D eigenvalue weighted by Gasteiger charge is 2.14. The van der Waals surface area contributed by atoms with Crippen LogP contribution in [0.3, 0.4) is 0 Å². The molecule has 3 aromatic carbocycles. The summed E-state index contributed by atoms with van der Waals surface area (Å²) in [4.78, 5) is 12.8. The fraction of sp³-hybridized carbons (Fsp3) is 0.120. The number of aryl methyl sites for hydroxylation is 1. The van der Waals surface area contributed by atoms with E-state index in [4.69, 9.17) is 16.3 Å². The minimum absolute atomic E-state index is 0.162. The molecule has 0 fully saturated rings. The lowest BCUT2D eigenvalue weighted by Gasteiger charge is -2.09. The quantitative estimate of drug-likeness (QED) is 0.293. The summed E-state index contributed by atoms with van der Waals surface area (Å²) in [5.74, 6) is 0.411. The van der Waals surface area contributed by atoms with Crippen molar-refractivity contribution in [3.8, 4) is 5.75 Å². The van der Waals surface area contributed by atoms with Crippen LogP contribution in [0, 0.1) is 12.7 Å². The Morgan fingerprint density at radius 2 is 1.91 bits per heavy atom. The van der Waals surface area contributed by atoms with Crippen molar-refractivity contribution in [3.05, 3.63) is 110 Å². The number of amides is 1. The number of benzene rings is 3. The number of rotatable bonds is 7. The van der Waals surface area contributed by atoms with Crippen molar-refractivity contribution in [1.29, 1.82) is 0 Å². The number of carbonyl (C=O) groups excluding carboxylic acids is 1. The molecule has 0 aliphatic heterocycles. The van der Waals surface area contributed by atoms with E-state index in [0.29, 0.717) is 28.6 Å². The Labute approximate surface area is 204 Å². The third-order valence-corrected chi connectivity index (χ3v) is 5.83. The summed E-state index contributed by atoms with van der Waals surface area (Å²) in [5, 5.41) is 7.52. The van der Waals surface area contributed by atoms with Crippen LogP contribution in [0.1, 0.15) is 27.2 Å². The minimum Gasteiger partial charge on any atom is -0.489 e. The lowest BCUT2D eigenvalue weighted by atomic mass is 10.1. The van der Waals surface area contributed by atoms with E-state index in [2.05, 4.69) is 26.3 Å². The summed E-state index contributed by atoms with van der Waals surface area (Å²) in [7, 11) is 0. The second-order valence-electron chi connectivity index (χ2n) is 7.43. The Balaban J connectivity index is 1.43. The van der Waals surface area contributed by atoms with Gasteiger partial charge in [-0.05, 0) is 55.0 Å². The maximum absolute atomic E-state index is 14.1. The van der Waals surface area contributed by atoms with Crippen LogP contribution in [0.2, 0.25) is 5.02 Å². The van der Waals surface area contributed by atoms with E-state index in [0.717, 1.165) is 21.5 Å². The summed E-state index contributed by atoms with van der Waals surface area (Å²) in [6.45, 7) is 2.32. The van der Waals surface area contributed by atoms with Crippen LogP contribution in [-0.4, -0.2) is 15.7 Å². The van der Waals surface area contributed by atoms with Gasteiger partial charge in [0.25, 0.3) is 5.91 Å². The Morgan fingerprint density at radius 1 is 1.12 bits per heavy atom. The minimum atomic E-state index is -0.398. The highest BCUT2D eigenvalue weighted by Crippen LogP contribution is 2.22. The van der Waals surface area contributed by atoms with Gasteiger partial charge in [-0.2, -0.15) is 5.10 Å². The topological polar surface area (TPSA) is 56.1 Å². The van der Waals surface area contributed by atoms with Crippen LogP contribution in [0.5, 0.6) is 5.75 Å². The van der Waals surface area contributed by atoms with Crippen molar-refractivity contribution in [3.63, 3.8) is 0 Å². The first kappa shape index (κ1) is 23.0. The van der Waals surface area contributed by atoms with Crippen molar-refractivity contribution in [2.24, 2.45) is 0 Å². The van der Waals surface area contributed by atoms with E-state index in [-0.39, 0.29) is 12.5 Å². The zero-order chi connectivity index (χ0) is 23.4. The summed E-state index contributed by atoms with van der Waals surface area (Å²) in [5.41, 5.74) is 2.45. The van der Waals surface area contributed by atoms with Crippen molar-refractivity contribution in [2.75, 3.05) is 5.32 Å². The van der Waals surface area contributed by atoms with Crippen LogP contribution >= 0.6 is 27.5 Å². The van der Waals surface area contributed by atoms with E-state index in [9.17, 15) is 9.18 Å². The van der Waals surface area contributed by atoms with Crippen LogP contribution in [0.4, 0.5) is 10.2 Å². The van der Waals surface area contributed by atoms with Crippen LogP contribution < -0.4 is 10.1 Å². The fourth-order valence-corrected chi connectivity index (χ4v) is 3.88. The van der Waals surface area contributed by atoms with Gasteiger partial charge < -0.3 is 10.1 Å². The van der Waals surface area contributed by atoms with Crippen molar-refractivity contribution in [1.82, 2.24) is 9.78 Å². The van der Waals surface area contributed by atoms with Gasteiger partial charge in [-0.15, -0.1) is 0 Å². The molecule has 0 radical (unpaired) electrons. The van der Waals surface area contributed by atoms with Gasteiger partial charge in [0, 0.05) is 32.4 Å². The zero-order valence-electron chi connectivity index (χ0n) is 17.7. The van der Waals surface area contributed by atoms with Gasteiger partial charge in [-0.3, -0.25) is 9.48 Å². The van der Waals surface area contributed by atoms with Crippen LogP contribution in [0.15, 0.2) is 77.3 Å². The SMILES string of the molecule is Cc1cc(NC(=O)c2cccc(COc3cccc(Br)c3)c2)nn1Cc1c(F)cccc1Cl. The standard InChI is InChI=1S/C25H20BrClFN3O2/c1-16-11-24(30-31(16)14-21-22(27)9-4-10-23(21)28)29-25(32)18-6-2-5-17(12-18)15-33-20-8-3-7-19(26)13-20/h2-13H,14-15H2,1H3,(H,29,30,32). The summed E-state index contributed by atoms with van der Waals surface area (Å²) in [6.07, 6.45) is 0. The molecular weight excluding hydrogens is 509 g/mol. The summed E-state index contributed by atoms with van der Waals surface area (Å²) < 4.78 is 22.5. The molecule has 0 aliphatic rings. The van der Waals surface area contributed by atoms with Gasteiger partial charge in [0.05, 0.1) is 6.54 Å². The molecule has 0 atom stereocenters. The molecule has 33 heavy (non-hydrogen) atoms. The molecule has 1 N–H and O–H groups in total. The number of ether oxygens (including phenoxy) is 1. The molecule has 0 spiro atoms. The Hall–Kier alpha value is -3.16. The molecule has 4 aromatic rings. The van der Waals surface area contributed by atoms with Gasteiger partial charge in [-0.25, -0.2) is 4.39 Å². The molecule has 0 aliphatic carbocycles.